The maximum absolute atomic E-state index is 13.1. The fourth-order valence-electron chi connectivity index (χ4n) is 3.86. The highest BCUT2D eigenvalue weighted by atomic mass is 16.2. The van der Waals surface area contributed by atoms with E-state index in [0.717, 1.165) is 30.8 Å². The van der Waals surface area contributed by atoms with E-state index in [2.05, 4.69) is 18.4 Å². The number of hydrogen-bond donors (Lipinski definition) is 0. The van der Waals surface area contributed by atoms with Gasteiger partial charge in [-0.05, 0) is 39.2 Å². The van der Waals surface area contributed by atoms with E-state index >= 15 is 0 Å². The van der Waals surface area contributed by atoms with E-state index in [-0.39, 0.29) is 17.2 Å². The Hall–Kier alpha value is -1.78. The van der Waals surface area contributed by atoms with Crippen molar-refractivity contribution in [1.82, 2.24) is 14.4 Å². The van der Waals surface area contributed by atoms with Crippen LogP contribution in [0, 0.1) is 19.3 Å². The molecule has 0 unspecified atom stereocenters. The maximum Gasteiger partial charge on any atom is 0.255 e. The lowest BCUT2D eigenvalue weighted by molar-refractivity contribution is -0.139. The van der Waals surface area contributed by atoms with E-state index in [0.29, 0.717) is 19.1 Å². The van der Waals surface area contributed by atoms with E-state index in [4.69, 9.17) is 0 Å². The third-order valence-corrected chi connectivity index (χ3v) is 5.34. The van der Waals surface area contributed by atoms with E-state index < -0.39 is 0 Å². The summed E-state index contributed by atoms with van der Waals surface area (Å²) in [5, 5.41) is 0. The first-order chi connectivity index (χ1) is 11.7. The van der Waals surface area contributed by atoms with Crippen LogP contribution in [0.4, 0.5) is 0 Å². The number of nitrogens with zero attached hydrogens (tertiary/aromatic N) is 3. The van der Waals surface area contributed by atoms with Crippen LogP contribution in [0.15, 0.2) is 6.07 Å². The summed E-state index contributed by atoms with van der Waals surface area (Å²) < 4.78 is 2.32. The molecule has 5 nitrogen and oxygen atoms in total. The lowest BCUT2D eigenvalue weighted by Gasteiger charge is -2.28. The molecule has 5 heteroatoms. The summed E-state index contributed by atoms with van der Waals surface area (Å²) in [6.45, 7) is 12.7. The molecule has 0 N–H and O–H groups in total. The maximum atomic E-state index is 13.1. The minimum atomic E-state index is -0.367. The van der Waals surface area contributed by atoms with Gasteiger partial charge in [-0.1, -0.05) is 20.8 Å². The molecule has 1 saturated heterocycles. The van der Waals surface area contributed by atoms with Crippen LogP contribution < -0.4 is 0 Å². The average molecular weight is 345 g/mol. The Kier molecular flexibility index (Phi) is 4.69. The van der Waals surface area contributed by atoms with Gasteiger partial charge in [-0.2, -0.15) is 0 Å². The Morgan fingerprint density at radius 3 is 2.20 bits per heavy atom. The highest BCUT2D eigenvalue weighted by molar-refractivity contribution is 5.96. The molecule has 25 heavy (non-hydrogen) atoms. The molecule has 1 aromatic heterocycles. The van der Waals surface area contributed by atoms with Crippen LogP contribution in [-0.4, -0.2) is 52.4 Å². The van der Waals surface area contributed by atoms with Gasteiger partial charge >= 0.3 is 0 Å². The summed E-state index contributed by atoms with van der Waals surface area (Å²) in [4.78, 5) is 29.4. The van der Waals surface area contributed by atoms with Crippen LogP contribution in [0.1, 0.15) is 67.8 Å². The summed E-state index contributed by atoms with van der Waals surface area (Å²) in [5.41, 5.74) is 2.74. The van der Waals surface area contributed by atoms with Gasteiger partial charge < -0.3 is 14.4 Å². The lowest BCUT2D eigenvalue weighted by atomic mass is 9.94. The largest absolute Gasteiger partial charge is 0.345 e. The Bertz CT molecular complexity index is 680. The first-order valence-electron chi connectivity index (χ1n) is 9.47. The number of aromatic nitrogens is 1. The molecule has 2 amide bonds. The van der Waals surface area contributed by atoms with Crippen molar-refractivity contribution in [3.8, 4) is 0 Å². The monoisotopic (exact) mass is 345 g/mol. The lowest BCUT2D eigenvalue weighted by Crippen LogP contribution is -2.42. The Labute approximate surface area is 151 Å². The highest BCUT2D eigenvalue weighted by Gasteiger charge is 2.32. The van der Waals surface area contributed by atoms with Gasteiger partial charge in [-0.15, -0.1) is 0 Å². The summed E-state index contributed by atoms with van der Waals surface area (Å²) in [5.74, 6) is 0.291. The van der Waals surface area contributed by atoms with E-state index in [9.17, 15) is 9.59 Å². The average Bonchev–Trinajstić information content (AvgIpc) is 3.33. The van der Waals surface area contributed by atoms with Crippen molar-refractivity contribution < 1.29 is 9.59 Å². The van der Waals surface area contributed by atoms with Crippen molar-refractivity contribution >= 4 is 11.8 Å². The number of aryl methyl sites for hydroxylation is 1. The number of carbonyl (C=O) groups excluding carboxylic acids is 2. The first kappa shape index (κ1) is 18.0. The van der Waals surface area contributed by atoms with Crippen molar-refractivity contribution in [3.05, 3.63) is 23.0 Å². The fraction of sp³-hybridized carbons (Fsp3) is 0.700. The molecule has 0 spiro atoms. The predicted octanol–water partition coefficient (Wildman–Crippen LogP) is 3.16. The number of hydrogen-bond acceptors (Lipinski definition) is 2. The number of carbonyl (C=O) groups is 2. The first-order valence-corrected chi connectivity index (χ1v) is 9.47. The molecule has 1 aromatic rings. The zero-order valence-corrected chi connectivity index (χ0v) is 16.3. The Morgan fingerprint density at radius 1 is 1.00 bits per heavy atom. The molecule has 2 aliphatic rings. The van der Waals surface area contributed by atoms with Crippen molar-refractivity contribution in [2.45, 2.75) is 59.9 Å². The zero-order valence-electron chi connectivity index (χ0n) is 16.3. The summed E-state index contributed by atoms with van der Waals surface area (Å²) >= 11 is 0. The summed E-state index contributed by atoms with van der Waals surface area (Å²) in [7, 11) is 0. The smallest absolute Gasteiger partial charge is 0.255 e. The second-order valence-electron chi connectivity index (χ2n) is 8.57. The molecule has 138 valence electrons. The van der Waals surface area contributed by atoms with Gasteiger partial charge in [0.15, 0.2) is 0 Å². The van der Waals surface area contributed by atoms with E-state index in [1.54, 1.807) is 0 Å². The van der Waals surface area contributed by atoms with Gasteiger partial charge in [-0.3, -0.25) is 9.59 Å². The molecule has 0 atom stereocenters. The molecule has 3 rings (SSSR count). The molecule has 2 fully saturated rings. The third kappa shape index (κ3) is 3.60. The standard InChI is InChI=1S/C20H31N3O2/c1-14-13-17(15(2)23(14)16-7-8-16)18(24)21-9-6-10-22(12-11-21)19(25)20(3,4)5/h13,16H,6-12H2,1-5H3. The van der Waals surface area contributed by atoms with E-state index in [1.165, 1.54) is 18.5 Å². The minimum Gasteiger partial charge on any atom is -0.345 e. The van der Waals surface area contributed by atoms with Gasteiger partial charge in [0.05, 0.1) is 5.56 Å². The molecular weight excluding hydrogens is 314 g/mol. The molecule has 2 heterocycles. The van der Waals surface area contributed by atoms with Gasteiger partial charge in [0.1, 0.15) is 0 Å². The number of amides is 2. The van der Waals surface area contributed by atoms with E-state index in [1.807, 2.05) is 36.6 Å². The molecule has 0 aromatic carbocycles. The molecular formula is C20H31N3O2. The third-order valence-electron chi connectivity index (χ3n) is 5.34. The van der Waals surface area contributed by atoms with Crippen LogP contribution in [-0.2, 0) is 4.79 Å². The number of rotatable bonds is 2. The van der Waals surface area contributed by atoms with Crippen LogP contribution >= 0.6 is 0 Å². The molecule has 1 aliphatic heterocycles. The van der Waals surface area contributed by atoms with Crippen LogP contribution in [0.5, 0.6) is 0 Å². The molecule has 0 bridgehead atoms. The van der Waals surface area contributed by atoms with Gasteiger partial charge in [-0.25, -0.2) is 0 Å². The quantitative estimate of drug-likeness (QED) is 0.826. The summed E-state index contributed by atoms with van der Waals surface area (Å²) in [6.07, 6.45) is 3.28. The van der Waals surface area contributed by atoms with Crippen molar-refractivity contribution in [2.75, 3.05) is 26.2 Å². The predicted molar refractivity (Wildman–Crippen MR) is 98.7 cm³/mol. The summed E-state index contributed by atoms with van der Waals surface area (Å²) in [6, 6.07) is 2.63. The van der Waals surface area contributed by atoms with Crippen LogP contribution in [0.3, 0.4) is 0 Å². The van der Waals surface area contributed by atoms with Crippen LogP contribution in [0.2, 0.25) is 0 Å². The normalized spacial score (nSPS) is 19.1. The Morgan fingerprint density at radius 2 is 1.60 bits per heavy atom. The SMILES string of the molecule is Cc1cc(C(=O)N2CCCN(C(=O)C(C)(C)C)CC2)c(C)n1C1CC1. The molecule has 0 radical (unpaired) electrons. The van der Waals surface area contributed by atoms with Crippen molar-refractivity contribution in [3.63, 3.8) is 0 Å². The minimum absolute atomic E-state index is 0.116. The zero-order chi connectivity index (χ0) is 18.4. The van der Waals surface area contributed by atoms with Gasteiger partial charge in [0.2, 0.25) is 5.91 Å². The topological polar surface area (TPSA) is 45.6 Å². The highest BCUT2D eigenvalue weighted by Crippen LogP contribution is 2.38. The second-order valence-corrected chi connectivity index (χ2v) is 8.57. The fourth-order valence-corrected chi connectivity index (χ4v) is 3.86. The van der Waals surface area contributed by atoms with Gasteiger partial charge in [0, 0.05) is 49.0 Å². The molecule has 1 saturated carbocycles. The van der Waals surface area contributed by atoms with Crippen LogP contribution in [0.25, 0.3) is 0 Å². The van der Waals surface area contributed by atoms with Gasteiger partial charge in [0.25, 0.3) is 5.91 Å². The van der Waals surface area contributed by atoms with Crippen molar-refractivity contribution in [1.29, 1.82) is 0 Å². The molecule has 1 aliphatic carbocycles. The van der Waals surface area contributed by atoms with Crippen molar-refractivity contribution in [2.24, 2.45) is 5.41 Å². The second kappa shape index (κ2) is 6.50. The Balaban J connectivity index is 1.72.